The lowest BCUT2D eigenvalue weighted by atomic mass is 9.98. The average molecular weight is 306 g/mol. The maximum absolute atomic E-state index is 13.2. The van der Waals surface area contributed by atoms with E-state index in [1.807, 2.05) is 0 Å². The minimum Gasteiger partial charge on any atom is -0.326 e. The van der Waals surface area contributed by atoms with Crippen molar-refractivity contribution >= 4 is 12.4 Å². The fourth-order valence-corrected chi connectivity index (χ4v) is 1.89. The predicted molar refractivity (Wildman–Crippen MR) is 72.0 cm³/mol. The van der Waals surface area contributed by atoms with Crippen LogP contribution in [0.25, 0.3) is 11.1 Å². The molecule has 0 aliphatic rings. The number of hydrogen-bond donors (Lipinski definition) is 1. The molecule has 0 heterocycles. The van der Waals surface area contributed by atoms with E-state index in [0.29, 0.717) is 16.7 Å². The van der Waals surface area contributed by atoms with Gasteiger partial charge in [-0.1, -0.05) is 30.3 Å². The van der Waals surface area contributed by atoms with E-state index >= 15 is 0 Å². The number of halogens is 5. The Bertz CT molecular complexity index is 596. The summed E-state index contributed by atoms with van der Waals surface area (Å²) in [6, 6.07) is 9.79. The van der Waals surface area contributed by atoms with E-state index < -0.39 is 17.6 Å². The molecule has 2 aromatic rings. The van der Waals surface area contributed by atoms with Crippen LogP contribution < -0.4 is 5.73 Å². The molecule has 0 spiro atoms. The minimum absolute atomic E-state index is 0. The van der Waals surface area contributed by atoms with E-state index in [4.69, 9.17) is 5.73 Å². The quantitative estimate of drug-likeness (QED) is 0.818. The molecule has 6 heteroatoms. The molecule has 0 bridgehead atoms. The van der Waals surface area contributed by atoms with Gasteiger partial charge in [0.25, 0.3) is 0 Å². The Morgan fingerprint density at radius 3 is 2.25 bits per heavy atom. The van der Waals surface area contributed by atoms with Gasteiger partial charge in [-0.25, -0.2) is 4.39 Å². The van der Waals surface area contributed by atoms with Crippen LogP contribution in [0.4, 0.5) is 17.6 Å². The third kappa shape index (κ3) is 3.29. The molecule has 108 valence electrons. The van der Waals surface area contributed by atoms with Gasteiger partial charge >= 0.3 is 6.18 Å². The minimum atomic E-state index is -4.71. The largest absolute Gasteiger partial charge is 0.419 e. The standard InChI is InChI=1S/C14H11F4N.ClH/c15-13-6-5-9(7-12(13)14(16,17)18)11-4-2-1-3-10(11)8-19;/h1-7H,8,19H2;1H. The lowest BCUT2D eigenvalue weighted by Crippen LogP contribution is -2.08. The van der Waals surface area contributed by atoms with E-state index in [9.17, 15) is 17.6 Å². The van der Waals surface area contributed by atoms with Gasteiger partial charge in [-0.05, 0) is 28.8 Å². The van der Waals surface area contributed by atoms with Crippen LogP contribution in [0.15, 0.2) is 42.5 Å². The van der Waals surface area contributed by atoms with E-state index in [0.717, 1.165) is 12.1 Å². The number of rotatable bonds is 2. The van der Waals surface area contributed by atoms with Crippen molar-refractivity contribution in [1.82, 2.24) is 0 Å². The normalized spacial score (nSPS) is 11.1. The summed E-state index contributed by atoms with van der Waals surface area (Å²) in [5.74, 6) is -1.28. The molecule has 0 radical (unpaired) electrons. The molecule has 2 N–H and O–H groups in total. The number of alkyl halides is 3. The summed E-state index contributed by atoms with van der Waals surface area (Å²) in [7, 11) is 0. The van der Waals surface area contributed by atoms with E-state index in [-0.39, 0.29) is 19.0 Å². The molecule has 0 amide bonds. The van der Waals surface area contributed by atoms with Gasteiger partial charge in [0.15, 0.2) is 0 Å². The molecule has 0 aliphatic carbocycles. The van der Waals surface area contributed by atoms with Crippen LogP contribution in [0.1, 0.15) is 11.1 Å². The first-order valence-corrected chi connectivity index (χ1v) is 5.58. The Morgan fingerprint density at radius 1 is 1.00 bits per heavy atom. The molecule has 0 saturated heterocycles. The molecule has 20 heavy (non-hydrogen) atoms. The zero-order chi connectivity index (χ0) is 14.0. The second-order valence-electron chi connectivity index (χ2n) is 4.05. The molecule has 0 aromatic heterocycles. The molecular weight excluding hydrogens is 294 g/mol. The van der Waals surface area contributed by atoms with Crippen LogP contribution in [-0.4, -0.2) is 0 Å². The SMILES string of the molecule is Cl.NCc1ccccc1-c1ccc(F)c(C(F)(F)F)c1. The highest BCUT2D eigenvalue weighted by atomic mass is 35.5. The number of nitrogens with two attached hydrogens (primary N) is 1. The summed E-state index contributed by atoms with van der Waals surface area (Å²) in [5, 5.41) is 0. The van der Waals surface area contributed by atoms with Crippen LogP contribution in [0.5, 0.6) is 0 Å². The summed E-state index contributed by atoms with van der Waals surface area (Å²) < 4.78 is 51.2. The second kappa shape index (κ2) is 6.24. The lowest BCUT2D eigenvalue weighted by molar-refractivity contribution is -0.139. The van der Waals surface area contributed by atoms with Crippen molar-refractivity contribution in [2.45, 2.75) is 12.7 Å². The van der Waals surface area contributed by atoms with Gasteiger partial charge in [0.2, 0.25) is 0 Å². The smallest absolute Gasteiger partial charge is 0.326 e. The van der Waals surface area contributed by atoms with Crippen molar-refractivity contribution in [3.63, 3.8) is 0 Å². The number of benzene rings is 2. The van der Waals surface area contributed by atoms with Gasteiger partial charge in [-0.15, -0.1) is 12.4 Å². The lowest BCUT2D eigenvalue weighted by Gasteiger charge is -2.12. The van der Waals surface area contributed by atoms with Crippen molar-refractivity contribution in [3.05, 3.63) is 59.4 Å². The molecule has 0 atom stereocenters. The third-order valence-electron chi connectivity index (χ3n) is 2.82. The highest BCUT2D eigenvalue weighted by Crippen LogP contribution is 2.34. The third-order valence-corrected chi connectivity index (χ3v) is 2.82. The first-order chi connectivity index (χ1) is 8.93. The van der Waals surface area contributed by atoms with Crippen molar-refractivity contribution < 1.29 is 17.6 Å². The highest BCUT2D eigenvalue weighted by molar-refractivity contribution is 5.85. The molecule has 0 aliphatic heterocycles. The Balaban J connectivity index is 0.00000200. The first-order valence-electron chi connectivity index (χ1n) is 5.58. The predicted octanol–water partition coefficient (Wildman–Crippen LogP) is 4.39. The summed E-state index contributed by atoms with van der Waals surface area (Å²) in [4.78, 5) is 0. The topological polar surface area (TPSA) is 26.0 Å². The van der Waals surface area contributed by atoms with Crippen molar-refractivity contribution in [3.8, 4) is 11.1 Å². The van der Waals surface area contributed by atoms with E-state index in [2.05, 4.69) is 0 Å². The molecule has 2 aromatic carbocycles. The fraction of sp³-hybridized carbons (Fsp3) is 0.143. The zero-order valence-electron chi connectivity index (χ0n) is 10.2. The van der Waals surface area contributed by atoms with Crippen LogP contribution in [-0.2, 0) is 12.7 Å². The zero-order valence-corrected chi connectivity index (χ0v) is 11.1. The van der Waals surface area contributed by atoms with Gasteiger partial charge < -0.3 is 5.73 Å². The van der Waals surface area contributed by atoms with Crippen molar-refractivity contribution in [2.24, 2.45) is 5.73 Å². The Kier molecular flexibility index (Phi) is 5.14. The van der Waals surface area contributed by atoms with Crippen LogP contribution in [0.3, 0.4) is 0 Å². The second-order valence-corrected chi connectivity index (χ2v) is 4.05. The molecule has 0 saturated carbocycles. The van der Waals surface area contributed by atoms with Crippen molar-refractivity contribution in [2.75, 3.05) is 0 Å². The van der Waals surface area contributed by atoms with Gasteiger partial charge in [0.05, 0.1) is 5.56 Å². The molecule has 1 nitrogen and oxygen atoms in total. The Labute approximate surface area is 119 Å². The van der Waals surface area contributed by atoms with E-state index in [1.165, 1.54) is 6.07 Å². The highest BCUT2D eigenvalue weighted by Gasteiger charge is 2.34. The van der Waals surface area contributed by atoms with Crippen LogP contribution >= 0.6 is 12.4 Å². The molecule has 0 fully saturated rings. The number of hydrogen-bond acceptors (Lipinski definition) is 1. The molecule has 2 rings (SSSR count). The summed E-state index contributed by atoms with van der Waals surface area (Å²) >= 11 is 0. The van der Waals surface area contributed by atoms with Crippen LogP contribution in [0, 0.1) is 5.82 Å². The maximum Gasteiger partial charge on any atom is 0.419 e. The Hall–Kier alpha value is -1.59. The van der Waals surface area contributed by atoms with Gasteiger partial charge in [0.1, 0.15) is 5.82 Å². The average Bonchev–Trinajstić information content (AvgIpc) is 2.38. The van der Waals surface area contributed by atoms with Gasteiger partial charge in [-0.2, -0.15) is 13.2 Å². The first kappa shape index (κ1) is 16.5. The summed E-state index contributed by atoms with van der Waals surface area (Å²) in [5.41, 5.74) is 5.87. The van der Waals surface area contributed by atoms with Crippen LogP contribution in [0.2, 0.25) is 0 Å². The monoisotopic (exact) mass is 305 g/mol. The summed E-state index contributed by atoms with van der Waals surface area (Å²) in [6.07, 6.45) is -4.71. The van der Waals surface area contributed by atoms with Gasteiger partial charge in [-0.3, -0.25) is 0 Å². The molecule has 0 unspecified atom stereocenters. The van der Waals surface area contributed by atoms with E-state index in [1.54, 1.807) is 24.3 Å². The Morgan fingerprint density at radius 2 is 1.65 bits per heavy atom. The molecular formula is C14H12ClF4N. The maximum atomic E-state index is 13.2. The van der Waals surface area contributed by atoms with Gasteiger partial charge in [0, 0.05) is 6.54 Å². The summed E-state index contributed by atoms with van der Waals surface area (Å²) in [6.45, 7) is 0.203. The van der Waals surface area contributed by atoms with Crippen molar-refractivity contribution in [1.29, 1.82) is 0 Å². The fourth-order valence-electron chi connectivity index (χ4n) is 1.89.